The number of anilines is 1. The summed E-state index contributed by atoms with van der Waals surface area (Å²) >= 11 is 0. The van der Waals surface area contributed by atoms with Gasteiger partial charge in [-0.25, -0.2) is 9.97 Å². The van der Waals surface area contributed by atoms with Gasteiger partial charge in [-0.05, 0) is 25.3 Å². The number of nitrogens with one attached hydrogen (secondary N) is 1. The smallest absolute Gasteiger partial charge is 0.350 e. The van der Waals surface area contributed by atoms with Crippen molar-refractivity contribution in [1.29, 1.82) is 0 Å². The van der Waals surface area contributed by atoms with Gasteiger partial charge in [-0.3, -0.25) is 4.79 Å². The molecule has 1 saturated heterocycles. The molecule has 1 amide bonds. The van der Waals surface area contributed by atoms with Gasteiger partial charge in [0.1, 0.15) is 5.69 Å². The highest BCUT2D eigenvalue weighted by atomic mass is 19.4. The van der Waals surface area contributed by atoms with Crippen LogP contribution in [0.1, 0.15) is 37.8 Å². The predicted molar refractivity (Wildman–Crippen MR) is 77.6 cm³/mol. The second-order valence-corrected chi connectivity index (χ2v) is 6.16. The van der Waals surface area contributed by atoms with E-state index in [0.29, 0.717) is 19.5 Å². The molecule has 0 radical (unpaired) electrons. The Bertz CT molecular complexity index is 572. The van der Waals surface area contributed by atoms with Gasteiger partial charge >= 0.3 is 6.18 Å². The van der Waals surface area contributed by atoms with Gasteiger partial charge in [0.25, 0.3) is 0 Å². The maximum atomic E-state index is 12.7. The molecule has 0 bridgehead atoms. The Kier molecular flexibility index (Phi) is 4.41. The van der Waals surface area contributed by atoms with Crippen LogP contribution in [0.15, 0.2) is 12.3 Å². The topological polar surface area (TPSA) is 58.1 Å². The highest BCUT2D eigenvalue weighted by Gasteiger charge is 2.34. The van der Waals surface area contributed by atoms with Crippen LogP contribution in [0.4, 0.5) is 19.1 Å². The Hall–Kier alpha value is -1.86. The molecule has 8 heteroatoms. The summed E-state index contributed by atoms with van der Waals surface area (Å²) in [6.07, 6.45) is 1.40. The van der Waals surface area contributed by atoms with Gasteiger partial charge < -0.3 is 10.2 Å². The first-order valence-corrected chi connectivity index (χ1v) is 7.89. The number of carbonyl (C=O) groups excluding carboxylic acids is 1. The van der Waals surface area contributed by atoms with Crippen LogP contribution in [0, 0.1) is 5.92 Å². The van der Waals surface area contributed by atoms with Crippen LogP contribution in [0.2, 0.25) is 0 Å². The SMILES string of the molecule is O=C(C1CCCC1)N1CCC(Nc2nccc(C(F)(F)F)n2)C1. The summed E-state index contributed by atoms with van der Waals surface area (Å²) in [4.78, 5) is 21.5. The quantitative estimate of drug-likeness (QED) is 0.927. The Morgan fingerprint density at radius 2 is 2.00 bits per heavy atom. The number of hydrogen-bond donors (Lipinski definition) is 1. The summed E-state index contributed by atoms with van der Waals surface area (Å²) < 4.78 is 38.0. The van der Waals surface area contributed by atoms with E-state index in [4.69, 9.17) is 0 Å². The van der Waals surface area contributed by atoms with Crippen molar-refractivity contribution in [3.8, 4) is 0 Å². The number of likely N-dealkylation sites (tertiary alicyclic amines) is 1. The standard InChI is InChI=1S/C15H19F3N4O/c16-15(17,18)12-5-7-19-14(21-12)20-11-6-8-22(9-11)13(23)10-3-1-2-4-10/h5,7,10-11H,1-4,6,8-9H2,(H,19,20,21). The van der Waals surface area contributed by atoms with Crippen molar-refractivity contribution in [1.82, 2.24) is 14.9 Å². The van der Waals surface area contributed by atoms with Crippen LogP contribution in [0.25, 0.3) is 0 Å². The summed E-state index contributed by atoms with van der Waals surface area (Å²) in [6.45, 7) is 1.13. The molecule has 2 heterocycles. The van der Waals surface area contributed by atoms with Crippen LogP contribution < -0.4 is 5.32 Å². The molecule has 0 aromatic carbocycles. The maximum Gasteiger partial charge on any atom is 0.433 e. The molecule has 1 aliphatic heterocycles. The monoisotopic (exact) mass is 328 g/mol. The highest BCUT2D eigenvalue weighted by Crippen LogP contribution is 2.29. The number of rotatable bonds is 3. The summed E-state index contributed by atoms with van der Waals surface area (Å²) in [5.41, 5.74) is -0.966. The first-order valence-electron chi connectivity index (χ1n) is 7.89. The van der Waals surface area contributed by atoms with Gasteiger partial charge in [-0.1, -0.05) is 12.8 Å². The summed E-state index contributed by atoms with van der Waals surface area (Å²) in [5.74, 6) is 0.260. The molecule has 1 aromatic heterocycles. The van der Waals surface area contributed by atoms with Gasteiger partial charge in [0.15, 0.2) is 0 Å². The van der Waals surface area contributed by atoms with E-state index >= 15 is 0 Å². The molecule has 0 spiro atoms. The van der Waals surface area contributed by atoms with Crippen LogP contribution in [-0.4, -0.2) is 39.9 Å². The van der Waals surface area contributed by atoms with E-state index in [-0.39, 0.29) is 23.8 Å². The zero-order chi connectivity index (χ0) is 16.4. The number of alkyl halides is 3. The minimum absolute atomic E-state index is 0.0417. The minimum atomic E-state index is -4.49. The molecular formula is C15H19F3N4O. The zero-order valence-corrected chi connectivity index (χ0v) is 12.6. The number of amides is 1. The summed E-state index contributed by atoms with van der Waals surface area (Å²) in [7, 11) is 0. The molecule has 1 saturated carbocycles. The first kappa shape index (κ1) is 16.0. The van der Waals surface area contributed by atoms with Crippen molar-refractivity contribution < 1.29 is 18.0 Å². The van der Waals surface area contributed by atoms with Crippen LogP contribution in [0.3, 0.4) is 0 Å². The van der Waals surface area contributed by atoms with E-state index in [1.807, 2.05) is 0 Å². The third-order valence-corrected chi connectivity index (χ3v) is 4.48. The van der Waals surface area contributed by atoms with E-state index in [1.165, 1.54) is 0 Å². The van der Waals surface area contributed by atoms with Crippen molar-refractivity contribution in [2.75, 3.05) is 18.4 Å². The van der Waals surface area contributed by atoms with E-state index in [0.717, 1.165) is 37.9 Å². The Morgan fingerprint density at radius 1 is 1.26 bits per heavy atom. The van der Waals surface area contributed by atoms with Crippen LogP contribution in [-0.2, 0) is 11.0 Å². The molecular weight excluding hydrogens is 309 g/mol. The number of nitrogens with zero attached hydrogens (tertiary/aromatic N) is 3. The van der Waals surface area contributed by atoms with Gasteiger partial charge in [-0.15, -0.1) is 0 Å². The van der Waals surface area contributed by atoms with Crippen LogP contribution in [0.5, 0.6) is 0 Å². The number of carbonyl (C=O) groups is 1. The van der Waals surface area contributed by atoms with Crippen molar-refractivity contribution in [2.24, 2.45) is 5.92 Å². The minimum Gasteiger partial charge on any atom is -0.350 e. The van der Waals surface area contributed by atoms with Gasteiger partial charge in [0.05, 0.1) is 0 Å². The maximum absolute atomic E-state index is 12.7. The summed E-state index contributed by atoms with van der Waals surface area (Å²) in [5, 5.41) is 2.91. The summed E-state index contributed by atoms with van der Waals surface area (Å²) in [6, 6.07) is 0.735. The second-order valence-electron chi connectivity index (χ2n) is 6.16. The van der Waals surface area contributed by atoms with Gasteiger partial charge in [0, 0.05) is 31.2 Å². The lowest BCUT2D eigenvalue weighted by atomic mass is 10.1. The Labute approximate surface area is 132 Å². The molecule has 3 rings (SSSR count). The van der Waals surface area contributed by atoms with Crippen molar-refractivity contribution in [2.45, 2.75) is 44.3 Å². The number of hydrogen-bond acceptors (Lipinski definition) is 4. The molecule has 23 heavy (non-hydrogen) atoms. The van der Waals surface area contributed by atoms with E-state index in [9.17, 15) is 18.0 Å². The molecule has 126 valence electrons. The van der Waals surface area contributed by atoms with Crippen molar-refractivity contribution in [3.05, 3.63) is 18.0 Å². The lowest BCUT2D eigenvalue weighted by molar-refractivity contribution is -0.141. The third-order valence-electron chi connectivity index (χ3n) is 4.48. The molecule has 1 aromatic rings. The van der Waals surface area contributed by atoms with E-state index < -0.39 is 11.9 Å². The third kappa shape index (κ3) is 3.73. The van der Waals surface area contributed by atoms with E-state index in [1.54, 1.807) is 4.90 Å². The predicted octanol–water partition coefficient (Wildman–Crippen LogP) is 2.70. The lowest BCUT2D eigenvalue weighted by Crippen LogP contribution is -2.35. The zero-order valence-electron chi connectivity index (χ0n) is 12.6. The number of aromatic nitrogens is 2. The molecule has 5 nitrogen and oxygen atoms in total. The fourth-order valence-corrected chi connectivity index (χ4v) is 3.28. The molecule has 1 N–H and O–H groups in total. The molecule has 1 atom stereocenters. The van der Waals surface area contributed by atoms with E-state index in [2.05, 4.69) is 15.3 Å². The van der Waals surface area contributed by atoms with Gasteiger partial charge in [0.2, 0.25) is 11.9 Å². The molecule has 1 unspecified atom stereocenters. The Balaban J connectivity index is 1.58. The molecule has 2 aliphatic rings. The first-order chi connectivity index (χ1) is 10.9. The fourth-order valence-electron chi connectivity index (χ4n) is 3.28. The largest absolute Gasteiger partial charge is 0.433 e. The second kappa shape index (κ2) is 6.33. The lowest BCUT2D eigenvalue weighted by Gasteiger charge is -2.20. The van der Waals surface area contributed by atoms with Crippen molar-refractivity contribution in [3.63, 3.8) is 0 Å². The molecule has 2 fully saturated rings. The molecule has 1 aliphatic carbocycles. The highest BCUT2D eigenvalue weighted by molar-refractivity contribution is 5.79. The van der Waals surface area contributed by atoms with Gasteiger partial charge in [-0.2, -0.15) is 13.2 Å². The normalized spacial score (nSPS) is 22.6. The average molecular weight is 328 g/mol. The van der Waals surface area contributed by atoms with Crippen LogP contribution >= 0.6 is 0 Å². The van der Waals surface area contributed by atoms with Crippen molar-refractivity contribution >= 4 is 11.9 Å². The average Bonchev–Trinajstić information content (AvgIpc) is 3.17. The fraction of sp³-hybridized carbons (Fsp3) is 0.667. The Morgan fingerprint density at radius 3 is 2.70 bits per heavy atom. The number of halogens is 3.